The Balaban J connectivity index is 1.45. The number of fused-ring (bicyclic) bond motifs is 1. The molecule has 7 nitrogen and oxygen atoms in total. The predicted octanol–water partition coefficient (Wildman–Crippen LogP) is 2.59. The minimum atomic E-state index is -0.425. The van der Waals surface area contributed by atoms with Gasteiger partial charge in [0, 0.05) is 25.9 Å². The Morgan fingerprint density at radius 1 is 1.21 bits per heavy atom. The molecule has 1 aromatic heterocycles. The van der Waals surface area contributed by atoms with Gasteiger partial charge in [0.25, 0.3) is 5.91 Å². The monoisotopic (exact) mass is 400 g/mol. The van der Waals surface area contributed by atoms with Crippen LogP contribution in [0, 0.1) is 13.8 Å². The van der Waals surface area contributed by atoms with Gasteiger partial charge in [0.2, 0.25) is 0 Å². The molecule has 2 unspecified atom stereocenters. The number of piperidine rings is 1. The molecule has 0 bridgehead atoms. The van der Waals surface area contributed by atoms with Gasteiger partial charge >= 0.3 is 0 Å². The molecular formula is C20H24N4O3S. The number of hydrogen-bond donors (Lipinski definition) is 0. The Kier molecular flexibility index (Phi) is 4.54. The molecule has 0 saturated carbocycles. The summed E-state index contributed by atoms with van der Waals surface area (Å²) in [6.07, 6.45) is 1.64. The average molecular weight is 401 g/mol. The topological polar surface area (TPSA) is 69.5 Å². The van der Waals surface area contributed by atoms with Gasteiger partial charge in [0.05, 0.1) is 19.3 Å². The molecule has 148 valence electrons. The molecule has 4 heterocycles. The summed E-state index contributed by atoms with van der Waals surface area (Å²) in [5.74, 6) is 0.226. The molecule has 8 heteroatoms. The fraction of sp³-hybridized carbons (Fsp3) is 0.550. The van der Waals surface area contributed by atoms with Crippen LogP contribution in [-0.2, 0) is 9.47 Å². The third-order valence-electron chi connectivity index (χ3n) is 5.81. The van der Waals surface area contributed by atoms with Gasteiger partial charge in [-0.05, 0) is 19.4 Å². The number of benzene rings is 1. The third kappa shape index (κ3) is 3.08. The standard InChI is InChI=1S/C20H24N4O3S/c1-13-4-3-5-15(12-13)16(17-18(25)24-19(28-17)21-14(2)22-24)23-8-6-20(7-9-23)26-10-11-27-20/h3-5,12,16-17H,6-11H2,1-2H3. The number of carbonyl (C=O) groups is 1. The van der Waals surface area contributed by atoms with Gasteiger partial charge in [-0.1, -0.05) is 41.6 Å². The Bertz CT molecular complexity index is 899. The van der Waals surface area contributed by atoms with Crippen molar-refractivity contribution >= 4 is 17.7 Å². The first-order valence-electron chi connectivity index (χ1n) is 9.78. The number of ether oxygens (including phenoxy) is 2. The van der Waals surface area contributed by atoms with Crippen LogP contribution in [0.15, 0.2) is 29.4 Å². The molecule has 0 N–H and O–H groups in total. The van der Waals surface area contributed by atoms with Gasteiger partial charge in [0.1, 0.15) is 11.1 Å². The maximum absolute atomic E-state index is 13.2. The van der Waals surface area contributed by atoms with E-state index in [1.165, 1.54) is 22.0 Å². The summed E-state index contributed by atoms with van der Waals surface area (Å²) < 4.78 is 13.2. The van der Waals surface area contributed by atoms with Gasteiger partial charge in [-0.25, -0.2) is 4.98 Å². The largest absolute Gasteiger partial charge is 0.347 e. The van der Waals surface area contributed by atoms with Crippen molar-refractivity contribution in [3.8, 4) is 0 Å². The molecule has 28 heavy (non-hydrogen) atoms. The van der Waals surface area contributed by atoms with Crippen molar-refractivity contribution in [3.05, 3.63) is 41.2 Å². The predicted molar refractivity (Wildman–Crippen MR) is 104 cm³/mol. The van der Waals surface area contributed by atoms with E-state index >= 15 is 0 Å². The fourth-order valence-corrected chi connectivity index (χ4v) is 5.76. The van der Waals surface area contributed by atoms with Crippen LogP contribution in [-0.4, -0.2) is 62.9 Å². The van der Waals surface area contributed by atoms with Crippen molar-refractivity contribution in [2.45, 2.75) is 48.9 Å². The summed E-state index contributed by atoms with van der Waals surface area (Å²) in [5, 5.41) is 4.74. The lowest BCUT2D eigenvalue weighted by atomic mass is 9.95. The molecule has 2 fully saturated rings. The normalized spacial score (nSPS) is 25.4. The third-order valence-corrected chi connectivity index (χ3v) is 6.99. The van der Waals surface area contributed by atoms with Crippen LogP contribution in [0.2, 0.25) is 0 Å². The number of carbonyl (C=O) groups excluding carboxylic acids is 1. The highest BCUT2D eigenvalue weighted by atomic mass is 32.2. The number of rotatable bonds is 3. The first-order chi connectivity index (χ1) is 13.5. The SMILES string of the molecule is Cc1cccc(C(C2Sc3nc(C)nn3C2=O)N2CCC3(CC2)OCCO3)c1. The van der Waals surface area contributed by atoms with Gasteiger partial charge in [-0.3, -0.25) is 9.69 Å². The zero-order valence-corrected chi connectivity index (χ0v) is 16.9. The first kappa shape index (κ1) is 18.3. The van der Waals surface area contributed by atoms with Crippen molar-refractivity contribution in [2.75, 3.05) is 26.3 Å². The second-order valence-corrected chi connectivity index (χ2v) is 8.84. The van der Waals surface area contributed by atoms with Crippen LogP contribution < -0.4 is 0 Å². The van der Waals surface area contributed by atoms with Crippen LogP contribution in [0.25, 0.3) is 0 Å². The van der Waals surface area contributed by atoms with E-state index < -0.39 is 5.79 Å². The van der Waals surface area contributed by atoms with Crippen LogP contribution in [0.1, 0.15) is 40.6 Å². The summed E-state index contributed by atoms with van der Waals surface area (Å²) >= 11 is 1.53. The fourth-order valence-electron chi connectivity index (χ4n) is 4.46. The molecule has 5 rings (SSSR count). The van der Waals surface area contributed by atoms with E-state index in [9.17, 15) is 4.79 Å². The molecule has 0 aliphatic carbocycles. The maximum atomic E-state index is 13.2. The highest BCUT2D eigenvalue weighted by Gasteiger charge is 2.46. The molecule has 3 aliphatic heterocycles. The lowest BCUT2D eigenvalue weighted by Gasteiger charge is -2.42. The van der Waals surface area contributed by atoms with Crippen molar-refractivity contribution in [2.24, 2.45) is 0 Å². The molecule has 0 amide bonds. The smallest absolute Gasteiger partial charge is 0.264 e. The summed E-state index contributed by atoms with van der Waals surface area (Å²) in [6, 6.07) is 8.44. The van der Waals surface area contributed by atoms with Crippen LogP contribution in [0.3, 0.4) is 0 Å². The highest BCUT2D eigenvalue weighted by Crippen LogP contribution is 2.43. The van der Waals surface area contributed by atoms with Crippen LogP contribution in [0.4, 0.5) is 0 Å². The summed E-state index contributed by atoms with van der Waals surface area (Å²) in [4.78, 5) is 20.0. The number of aromatic nitrogens is 3. The van der Waals surface area contributed by atoms with E-state index in [1.807, 2.05) is 6.92 Å². The molecule has 2 saturated heterocycles. The Morgan fingerprint density at radius 3 is 2.64 bits per heavy atom. The van der Waals surface area contributed by atoms with Crippen LogP contribution >= 0.6 is 11.8 Å². The molecular weight excluding hydrogens is 376 g/mol. The molecule has 1 spiro atoms. The lowest BCUT2D eigenvalue weighted by Crippen LogP contribution is -2.49. The number of hydrogen-bond acceptors (Lipinski definition) is 7. The Morgan fingerprint density at radius 2 is 1.96 bits per heavy atom. The minimum absolute atomic E-state index is 0.0146. The molecule has 3 aliphatic rings. The highest BCUT2D eigenvalue weighted by molar-refractivity contribution is 8.00. The second kappa shape index (κ2) is 6.95. The van der Waals surface area contributed by atoms with E-state index in [1.54, 1.807) is 0 Å². The van der Waals surface area contributed by atoms with Crippen molar-refractivity contribution in [1.29, 1.82) is 0 Å². The number of likely N-dealkylation sites (tertiary alicyclic amines) is 1. The number of aryl methyl sites for hydroxylation is 2. The Hall–Kier alpha value is -1.74. The molecule has 1 aromatic carbocycles. The Labute approximate surface area is 168 Å². The quantitative estimate of drug-likeness (QED) is 0.784. The lowest BCUT2D eigenvalue weighted by molar-refractivity contribution is -0.187. The summed E-state index contributed by atoms with van der Waals surface area (Å²) in [6.45, 7) is 6.91. The maximum Gasteiger partial charge on any atom is 0.264 e. The van der Waals surface area contributed by atoms with Crippen molar-refractivity contribution in [3.63, 3.8) is 0 Å². The van der Waals surface area contributed by atoms with Crippen molar-refractivity contribution in [1.82, 2.24) is 19.7 Å². The zero-order chi connectivity index (χ0) is 19.3. The van der Waals surface area contributed by atoms with E-state index in [0.29, 0.717) is 24.2 Å². The van der Waals surface area contributed by atoms with Crippen LogP contribution in [0.5, 0.6) is 0 Å². The zero-order valence-electron chi connectivity index (χ0n) is 16.1. The number of thioether (sulfide) groups is 1. The van der Waals surface area contributed by atoms with Gasteiger partial charge in [0.15, 0.2) is 10.9 Å². The molecule has 0 radical (unpaired) electrons. The molecule has 2 atom stereocenters. The van der Waals surface area contributed by atoms with E-state index in [2.05, 4.69) is 46.2 Å². The van der Waals surface area contributed by atoms with Gasteiger partial charge in [-0.15, -0.1) is 5.10 Å². The molecule has 2 aromatic rings. The summed E-state index contributed by atoms with van der Waals surface area (Å²) in [7, 11) is 0. The minimum Gasteiger partial charge on any atom is -0.347 e. The van der Waals surface area contributed by atoms with E-state index in [-0.39, 0.29) is 17.2 Å². The summed E-state index contributed by atoms with van der Waals surface area (Å²) in [5.41, 5.74) is 2.36. The number of nitrogens with zero attached hydrogens (tertiary/aromatic N) is 4. The first-order valence-corrected chi connectivity index (χ1v) is 10.7. The van der Waals surface area contributed by atoms with E-state index in [0.717, 1.165) is 31.5 Å². The van der Waals surface area contributed by atoms with Gasteiger partial charge in [-0.2, -0.15) is 4.68 Å². The second-order valence-electron chi connectivity index (χ2n) is 7.73. The van der Waals surface area contributed by atoms with Crippen molar-refractivity contribution < 1.29 is 14.3 Å². The average Bonchev–Trinajstić information content (AvgIpc) is 3.35. The van der Waals surface area contributed by atoms with Gasteiger partial charge < -0.3 is 9.47 Å². The van der Waals surface area contributed by atoms with E-state index in [4.69, 9.17) is 9.47 Å².